The Balaban J connectivity index is 2.19. The van der Waals surface area contributed by atoms with Crippen LogP contribution in [-0.2, 0) is 14.3 Å². The fourth-order valence-electron chi connectivity index (χ4n) is 1.62. The molecule has 1 aliphatic rings. The molecule has 1 heterocycles. The van der Waals surface area contributed by atoms with Crippen molar-refractivity contribution in [3.05, 3.63) is 17.8 Å². The van der Waals surface area contributed by atoms with Crippen LogP contribution in [0, 0.1) is 0 Å². The maximum Gasteiger partial charge on any atom is 0.350 e. The quantitative estimate of drug-likeness (QED) is 0.793. The van der Waals surface area contributed by atoms with Gasteiger partial charge in [0.1, 0.15) is 0 Å². The third-order valence-corrected chi connectivity index (χ3v) is 2.85. The van der Waals surface area contributed by atoms with Crippen LogP contribution in [0.4, 0.5) is 5.69 Å². The Morgan fingerprint density at radius 2 is 2.00 bits per heavy atom. The number of pyridine rings is 1. The summed E-state index contributed by atoms with van der Waals surface area (Å²) in [7, 11) is 2.56. The summed E-state index contributed by atoms with van der Waals surface area (Å²) >= 11 is 0. The van der Waals surface area contributed by atoms with Crippen LogP contribution in [0.5, 0.6) is 5.88 Å². The number of nitrogen functional groups attached to an aromatic ring is 1. The van der Waals surface area contributed by atoms with Crippen LogP contribution in [0.1, 0.15) is 23.2 Å². The van der Waals surface area contributed by atoms with E-state index in [1.54, 1.807) is 0 Å². The highest BCUT2D eigenvalue weighted by Gasteiger charge is 2.55. The minimum atomic E-state index is -0.983. The van der Waals surface area contributed by atoms with Crippen LogP contribution in [0.25, 0.3) is 0 Å². The summed E-state index contributed by atoms with van der Waals surface area (Å²) < 4.78 is 14.7. The van der Waals surface area contributed by atoms with Crippen molar-refractivity contribution in [1.82, 2.24) is 4.98 Å². The van der Waals surface area contributed by atoms with E-state index in [9.17, 15) is 9.59 Å². The lowest BCUT2D eigenvalue weighted by molar-refractivity contribution is -0.151. The zero-order valence-electron chi connectivity index (χ0n) is 10.6. The van der Waals surface area contributed by atoms with Crippen molar-refractivity contribution in [2.75, 3.05) is 20.0 Å². The smallest absolute Gasteiger partial charge is 0.350 e. The molecule has 7 nitrogen and oxygen atoms in total. The third-order valence-electron chi connectivity index (χ3n) is 2.85. The van der Waals surface area contributed by atoms with Crippen LogP contribution in [0.2, 0.25) is 0 Å². The minimum Gasteiger partial charge on any atom is -0.466 e. The number of esters is 2. The van der Waals surface area contributed by atoms with E-state index in [1.165, 1.54) is 26.5 Å². The van der Waals surface area contributed by atoms with Crippen LogP contribution in [-0.4, -0.2) is 36.7 Å². The molecule has 0 aliphatic heterocycles. The maximum absolute atomic E-state index is 11.5. The van der Waals surface area contributed by atoms with Crippen molar-refractivity contribution in [2.24, 2.45) is 0 Å². The standard InChI is InChI=1S/C12H14N2O5/c1-17-10(15)7-5-8(13)9(14-6-7)19-12(3-4-12)11(16)18-2/h5-6H,3-4,13H2,1-2H3. The van der Waals surface area contributed by atoms with Gasteiger partial charge in [-0.1, -0.05) is 0 Å². The first kappa shape index (κ1) is 13.1. The lowest BCUT2D eigenvalue weighted by atomic mass is 10.2. The number of nitrogens with two attached hydrogens (primary N) is 1. The number of methoxy groups -OCH3 is 2. The molecule has 2 rings (SSSR count). The second kappa shape index (κ2) is 4.75. The molecule has 1 aliphatic carbocycles. The summed E-state index contributed by atoms with van der Waals surface area (Å²) in [5, 5.41) is 0. The van der Waals surface area contributed by atoms with Gasteiger partial charge in [0, 0.05) is 19.0 Å². The number of hydrogen-bond acceptors (Lipinski definition) is 7. The highest BCUT2D eigenvalue weighted by molar-refractivity contribution is 5.90. The molecular formula is C12H14N2O5. The number of aromatic nitrogens is 1. The first-order chi connectivity index (χ1) is 9.02. The fraction of sp³-hybridized carbons (Fsp3) is 0.417. The van der Waals surface area contributed by atoms with Crippen LogP contribution >= 0.6 is 0 Å². The van der Waals surface area contributed by atoms with Crippen molar-refractivity contribution in [2.45, 2.75) is 18.4 Å². The molecule has 0 spiro atoms. The number of hydrogen-bond donors (Lipinski definition) is 1. The van der Waals surface area contributed by atoms with E-state index in [0.717, 1.165) is 0 Å². The lowest BCUT2D eigenvalue weighted by Gasteiger charge is -2.16. The average molecular weight is 266 g/mol. The molecule has 19 heavy (non-hydrogen) atoms. The van der Waals surface area contributed by atoms with Gasteiger partial charge in [-0.2, -0.15) is 0 Å². The number of carbonyl (C=O) groups excluding carboxylic acids is 2. The Morgan fingerprint density at radius 1 is 1.32 bits per heavy atom. The van der Waals surface area contributed by atoms with Gasteiger partial charge in [-0.05, 0) is 6.07 Å². The first-order valence-corrected chi connectivity index (χ1v) is 5.63. The van der Waals surface area contributed by atoms with E-state index in [1.807, 2.05) is 0 Å². The van der Waals surface area contributed by atoms with Crippen molar-refractivity contribution in [3.63, 3.8) is 0 Å². The van der Waals surface area contributed by atoms with E-state index in [0.29, 0.717) is 12.8 Å². The molecule has 1 aromatic heterocycles. The van der Waals surface area contributed by atoms with Gasteiger partial charge < -0.3 is 19.9 Å². The van der Waals surface area contributed by atoms with Gasteiger partial charge in [-0.25, -0.2) is 14.6 Å². The minimum absolute atomic E-state index is 0.107. The summed E-state index contributed by atoms with van der Waals surface area (Å²) in [6.45, 7) is 0. The van der Waals surface area contributed by atoms with E-state index in [-0.39, 0.29) is 17.1 Å². The second-order valence-corrected chi connectivity index (χ2v) is 4.20. The van der Waals surface area contributed by atoms with Gasteiger partial charge in [-0.3, -0.25) is 0 Å². The predicted octanol–water partition coefficient (Wildman–Crippen LogP) is 0.535. The number of carbonyl (C=O) groups is 2. The largest absolute Gasteiger partial charge is 0.466 e. The zero-order chi connectivity index (χ0) is 14.0. The van der Waals surface area contributed by atoms with Crippen LogP contribution < -0.4 is 10.5 Å². The molecule has 1 saturated carbocycles. The average Bonchev–Trinajstić information content (AvgIpc) is 3.20. The molecule has 102 valence electrons. The van der Waals surface area contributed by atoms with Crippen LogP contribution in [0.15, 0.2) is 12.3 Å². The molecule has 0 atom stereocenters. The van der Waals surface area contributed by atoms with E-state index < -0.39 is 17.5 Å². The summed E-state index contributed by atoms with van der Waals surface area (Å²) in [6, 6.07) is 1.39. The molecule has 1 aromatic rings. The van der Waals surface area contributed by atoms with Gasteiger partial charge >= 0.3 is 11.9 Å². The van der Waals surface area contributed by atoms with Crippen molar-refractivity contribution in [1.29, 1.82) is 0 Å². The molecule has 0 amide bonds. The highest BCUT2D eigenvalue weighted by atomic mass is 16.6. The molecule has 0 unspecified atom stereocenters. The molecular weight excluding hydrogens is 252 g/mol. The van der Waals surface area contributed by atoms with Gasteiger partial charge in [0.15, 0.2) is 0 Å². The van der Waals surface area contributed by atoms with Gasteiger partial charge in [0.2, 0.25) is 11.5 Å². The van der Waals surface area contributed by atoms with E-state index in [4.69, 9.17) is 10.5 Å². The van der Waals surface area contributed by atoms with Gasteiger partial charge in [0.05, 0.1) is 25.5 Å². The molecule has 0 radical (unpaired) electrons. The Hall–Kier alpha value is -2.31. The number of anilines is 1. The van der Waals surface area contributed by atoms with Crippen molar-refractivity contribution < 1.29 is 23.8 Å². The Labute approximate surface area is 109 Å². The normalized spacial score (nSPS) is 15.5. The van der Waals surface area contributed by atoms with Crippen LogP contribution in [0.3, 0.4) is 0 Å². The predicted molar refractivity (Wildman–Crippen MR) is 64.6 cm³/mol. The van der Waals surface area contributed by atoms with Crippen molar-refractivity contribution in [3.8, 4) is 5.88 Å². The second-order valence-electron chi connectivity index (χ2n) is 4.20. The third kappa shape index (κ3) is 2.44. The Morgan fingerprint density at radius 3 is 2.47 bits per heavy atom. The van der Waals surface area contributed by atoms with E-state index >= 15 is 0 Å². The number of ether oxygens (including phenoxy) is 3. The fourth-order valence-corrected chi connectivity index (χ4v) is 1.62. The monoisotopic (exact) mass is 266 g/mol. The summed E-state index contributed by atoms with van der Waals surface area (Å²) in [5.41, 5.74) is 5.14. The maximum atomic E-state index is 11.5. The highest BCUT2D eigenvalue weighted by Crippen LogP contribution is 2.42. The topological polar surface area (TPSA) is 101 Å². The van der Waals surface area contributed by atoms with Crippen molar-refractivity contribution >= 4 is 17.6 Å². The lowest BCUT2D eigenvalue weighted by Crippen LogP contribution is -2.31. The number of rotatable bonds is 4. The number of nitrogens with zero attached hydrogens (tertiary/aromatic N) is 1. The molecule has 0 aromatic carbocycles. The SMILES string of the molecule is COC(=O)c1cnc(OC2(C(=O)OC)CC2)c(N)c1. The summed E-state index contributed by atoms with van der Waals surface area (Å²) in [6.07, 6.45) is 2.39. The molecule has 2 N–H and O–H groups in total. The first-order valence-electron chi connectivity index (χ1n) is 5.63. The Bertz CT molecular complexity index is 525. The zero-order valence-corrected chi connectivity index (χ0v) is 10.6. The summed E-state index contributed by atoms with van der Waals surface area (Å²) in [5.74, 6) is -0.888. The molecule has 0 bridgehead atoms. The van der Waals surface area contributed by atoms with Gasteiger partial charge in [-0.15, -0.1) is 0 Å². The Kier molecular flexibility index (Phi) is 3.28. The molecule has 1 fully saturated rings. The van der Waals surface area contributed by atoms with E-state index in [2.05, 4.69) is 14.5 Å². The van der Waals surface area contributed by atoms with Gasteiger partial charge in [0.25, 0.3) is 0 Å². The molecule has 0 saturated heterocycles. The molecule has 7 heteroatoms. The summed E-state index contributed by atoms with van der Waals surface area (Å²) in [4.78, 5) is 26.8.